The average molecular weight is 386 g/mol. The molecule has 0 saturated heterocycles. The van der Waals surface area contributed by atoms with Crippen LogP contribution in [-0.4, -0.2) is 32.7 Å². The molecule has 2 N–H and O–H groups in total. The van der Waals surface area contributed by atoms with Crippen LogP contribution in [-0.2, 0) is 20.2 Å². The largest absolute Gasteiger partial charge is 0.368 e. The van der Waals surface area contributed by atoms with Crippen LogP contribution in [0.5, 0.6) is 0 Å². The highest BCUT2D eigenvalue weighted by Gasteiger charge is 2.41. The molecule has 2 aromatic heterocycles. The number of hydrogen-bond donors (Lipinski definition) is 1. The molecule has 0 amide bonds. The maximum Gasteiger partial charge on any atom is 0.353 e. The van der Waals surface area contributed by atoms with Crippen LogP contribution >= 0.6 is 19.2 Å². The number of nitrogens with two attached hydrogens (primary N) is 1. The summed E-state index contributed by atoms with van der Waals surface area (Å²) in [6.45, 7) is 4.87. The second kappa shape index (κ2) is 7.03. The summed E-state index contributed by atoms with van der Waals surface area (Å²) in [5.74, 6) is 1.68. The minimum Gasteiger partial charge on any atom is -0.368 e. The first-order valence-corrected chi connectivity index (χ1v) is 10.1. The highest BCUT2D eigenvalue weighted by molar-refractivity contribution is 7.57. The van der Waals surface area contributed by atoms with Gasteiger partial charge in [-0.05, 0) is 26.7 Å². The molecule has 0 bridgehead atoms. The first-order valence-electron chi connectivity index (χ1n) is 8.13. The Morgan fingerprint density at radius 1 is 1.36 bits per heavy atom. The molecule has 1 saturated carbocycles. The molecule has 10 heteroatoms. The van der Waals surface area contributed by atoms with Gasteiger partial charge >= 0.3 is 7.60 Å². The van der Waals surface area contributed by atoms with E-state index in [1.165, 1.54) is 0 Å². The Bertz CT molecular complexity index is 839. The lowest BCUT2D eigenvalue weighted by atomic mass is 10.1. The van der Waals surface area contributed by atoms with Crippen LogP contribution in [0.25, 0.3) is 11.2 Å². The Morgan fingerprint density at radius 3 is 2.64 bits per heavy atom. The van der Waals surface area contributed by atoms with Crippen molar-refractivity contribution >= 4 is 36.3 Å². The van der Waals surface area contributed by atoms with Crippen LogP contribution in [0.1, 0.15) is 26.7 Å². The average Bonchev–Trinajstić information content (AvgIpc) is 3.20. The van der Waals surface area contributed by atoms with E-state index in [-0.39, 0.29) is 16.5 Å². The SMILES string of the molecule is CCOP(=O)(/C=C/C1(Cn2cnc3c(Cl)nc(N)nc32)CC1)OCC. The van der Waals surface area contributed by atoms with Gasteiger partial charge in [0.25, 0.3) is 0 Å². The Hall–Kier alpha value is -1.47. The number of nitrogen functional groups attached to an aromatic ring is 1. The Morgan fingerprint density at radius 2 is 2.04 bits per heavy atom. The van der Waals surface area contributed by atoms with Gasteiger partial charge in [0.2, 0.25) is 5.95 Å². The van der Waals surface area contributed by atoms with Crippen LogP contribution in [0.3, 0.4) is 0 Å². The monoisotopic (exact) mass is 385 g/mol. The molecule has 3 rings (SSSR count). The highest BCUT2D eigenvalue weighted by atomic mass is 35.5. The normalized spacial score (nSPS) is 16.8. The van der Waals surface area contributed by atoms with E-state index < -0.39 is 7.60 Å². The van der Waals surface area contributed by atoms with Gasteiger partial charge in [-0.25, -0.2) is 4.98 Å². The molecule has 136 valence electrons. The topological polar surface area (TPSA) is 105 Å². The Kier molecular flexibility index (Phi) is 5.16. The second-order valence-electron chi connectivity index (χ2n) is 5.97. The lowest BCUT2D eigenvalue weighted by molar-refractivity contribution is 0.228. The summed E-state index contributed by atoms with van der Waals surface area (Å²) < 4.78 is 25.1. The van der Waals surface area contributed by atoms with Gasteiger partial charge in [0.15, 0.2) is 10.8 Å². The zero-order chi connectivity index (χ0) is 18.1. The number of allylic oxidation sites excluding steroid dienone is 1. The summed E-state index contributed by atoms with van der Waals surface area (Å²) in [5, 5.41) is 0.235. The van der Waals surface area contributed by atoms with E-state index in [9.17, 15) is 4.57 Å². The van der Waals surface area contributed by atoms with Gasteiger partial charge < -0.3 is 19.3 Å². The lowest BCUT2D eigenvalue weighted by Crippen LogP contribution is -2.10. The number of rotatable bonds is 8. The van der Waals surface area contributed by atoms with Crippen molar-refractivity contribution in [2.24, 2.45) is 5.41 Å². The summed E-state index contributed by atoms with van der Waals surface area (Å²) in [4.78, 5) is 12.4. The van der Waals surface area contributed by atoms with Crippen molar-refractivity contribution in [3.05, 3.63) is 23.4 Å². The predicted octanol–water partition coefficient (Wildman–Crippen LogP) is 3.62. The smallest absolute Gasteiger partial charge is 0.353 e. The number of nitrogens with zero attached hydrogens (tertiary/aromatic N) is 4. The van der Waals surface area contributed by atoms with Gasteiger partial charge in [-0.2, -0.15) is 9.97 Å². The molecule has 0 spiro atoms. The third kappa shape index (κ3) is 4.03. The fourth-order valence-corrected chi connectivity index (χ4v) is 4.34. The molecule has 1 aliphatic carbocycles. The maximum atomic E-state index is 12.6. The van der Waals surface area contributed by atoms with Crippen LogP contribution < -0.4 is 5.73 Å². The van der Waals surface area contributed by atoms with Crippen molar-refractivity contribution in [3.8, 4) is 0 Å². The molecule has 0 aromatic carbocycles. The van der Waals surface area contributed by atoms with Gasteiger partial charge in [-0.3, -0.25) is 4.57 Å². The molecule has 8 nitrogen and oxygen atoms in total. The van der Waals surface area contributed by atoms with Gasteiger partial charge in [0, 0.05) is 17.8 Å². The molecule has 1 fully saturated rings. The van der Waals surface area contributed by atoms with Crippen molar-refractivity contribution < 1.29 is 13.6 Å². The zero-order valence-electron chi connectivity index (χ0n) is 14.2. The molecule has 1 aliphatic rings. The number of fused-ring (bicyclic) bond motifs is 1. The fourth-order valence-electron chi connectivity index (χ4n) is 2.65. The Labute approximate surface area is 150 Å². The number of imidazole rings is 1. The van der Waals surface area contributed by atoms with E-state index in [0.29, 0.717) is 30.9 Å². The molecule has 25 heavy (non-hydrogen) atoms. The van der Waals surface area contributed by atoms with Crippen LogP contribution in [0.15, 0.2) is 18.2 Å². The van der Waals surface area contributed by atoms with E-state index in [1.54, 1.807) is 26.0 Å². The van der Waals surface area contributed by atoms with Gasteiger partial charge in [0.1, 0.15) is 5.52 Å². The van der Waals surface area contributed by atoms with Crippen molar-refractivity contribution in [2.45, 2.75) is 33.2 Å². The summed E-state index contributed by atoms with van der Waals surface area (Å²) >= 11 is 6.06. The summed E-state index contributed by atoms with van der Waals surface area (Å²) in [6, 6.07) is 0. The van der Waals surface area contributed by atoms with Gasteiger partial charge in [-0.1, -0.05) is 17.7 Å². The van der Waals surface area contributed by atoms with E-state index in [1.807, 2.05) is 10.6 Å². The van der Waals surface area contributed by atoms with Crippen molar-refractivity contribution in [1.29, 1.82) is 0 Å². The molecule has 0 radical (unpaired) electrons. The standard InChI is InChI=1S/C15H21ClN5O3P/c1-3-23-25(22,24-4-2)8-7-15(5-6-15)9-21-10-18-11-12(16)19-14(17)20-13(11)21/h7-8,10H,3-6,9H2,1-2H3,(H2,17,19,20)/b8-7+. The van der Waals surface area contributed by atoms with Crippen LogP contribution in [0, 0.1) is 5.41 Å². The summed E-state index contributed by atoms with van der Waals surface area (Å²) in [7, 11) is -3.20. The predicted molar refractivity (Wildman–Crippen MR) is 96.4 cm³/mol. The number of hydrogen-bond acceptors (Lipinski definition) is 7. The summed E-state index contributed by atoms with van der Waals surface area (Å²) in [6.07, 6.45) is 5.53. The number of anilines is 1. The quantitative estimate of drug-likeness (QED) is 0.546. The molecule has 0 atom stereocenters. The maximum absolute atomic E-state index is 12.6. The minimum atomic E-state index is -3.20. The first kappa shape index (κ1) is 18.3. The molecule has 0 aliphatic heterocycles. The van der Waals surface area contributed by atoms with E-state index in [2.05, 4.69) is 15.0 Å². The van der Waals surface area contributed by atoms with E-state index >= 15 is 0 Å². The molecular weight excluding hydrogens is 365 g/mol. The van der Waals surface area contributed by atoms with E-state index in [4.69, 9.17) is 26.4 Å². The number of aromatic nitrogens is 4. The minimum absolute atomic E-state index is 0.108. The molecular formula is C15H21ClN5O3P. The van der Waals surface area contributed by atoms with Gasteiger partial charge in [0.05, 0.1) is 19.5 Å². The van der Waals surface area contributed by atoms with Crippen LogP contribution in [0.2, 0.25) is 5.15 Å². The van der Waals surface area contributed by atoms with Crippen molar-refractivity contribution in [1.82, 2.24) is 19.5 Å². The van der Waals surface area contributed by atoms with Gasteiger partial charge in [-0.15, -0.1) is 0 Å². The van der Waals surface area contributed by atoms with Crippen molar-refractivity contribution in [2.75, 3.05) is 18.9 Å². The second-order valence-corrected chi connectivity index (χ2v) is 8.22. The molecule has 0 unspecified atom stereocenters. The molecule has 2 heterocycles. The summed E-state index contributed by atoms with van der Waals surface area (Å²) in [5.41, 5.74) is 6.67. The van der Waals surface area contributed by atoms with Crippen LogP contribution in [0.4, 0.5) is 5.95 Å². The molecule has 2 aromatic rings. The third-order valence-corrected chi connectivity index (χ3v) is 6.06. The zero-order valence-corrected chi connectivity index (χ0v) is 15.8. The van der Waals surface area contributed by atoms with Crippen molar-refractivity contribution in [3.63, 3.8) is 0 Å². The van der Waals surface area contributed by atoms with E-state index in [0.717, 1.165) is 12.8 Å². The Balaban J connectivity index is 1.83. The third-order valence-electron chi connectivity index (χ3n) is 4.04. The number of halogens is 1. The highest BCUT2D eigenvalue weighted by Crippen LogP contribution is 2.55. The fraction of sp³-hybridized carbons (Fsp3) is 0.533. The first-order chi connectivity index (χ1) is 11.9. The lowest BCUT2D eigenvalue weighted by Gasteiger charge is -2.15.